The molecular weight excluding hydrogens is 255 g/mol. The van der Waals surface area contributed by atoms with Gasteiger partial charge in [0.2, 0.25) is 0 Å². The molecule has 0 spiro atoms. The topological polar surface area (TPSA) is 24.5 Å². The van der Waals surface area contributed by atoms with Crippen molar-refractivity contribution in [2.75, 3.05) is 25.2 Å². The minimum Gasteiger partial charge on any atom is -0.381 e. The van der Waals surface area contributed by atoms with Crippen LogP contribution in [0.3, 0.4) is 0 Å². The largest absolute Gasteiger partial charge is 0.381 e. The van der Waals surface area contributed by atoms with Gasteiger partial charge in [-0.05, 0) is 37.8 Å². The van der Waals surface area contributed by atoms with Gasteiger partial charge in [0.1, 0.15) is 5.82 Å². The number of nitrogens with zero attached hydrogens (tertiary/aromatic N) is 1. The zero-order valence-electron chi connectivity index (χ0n) is 12.1. The van der Waals surface area contributed by atoms with E-state index in [-0.39, 0.29) is 5.82 Å². The maximum Gasteiger partial charge on any atom is 0.129 e. The van der Waals surface area contributed by atoms with E-state index in [1.54, 1.807) is 12.1 Å². The summed E-state index contributed by atoms with van der Waals surface area (Å²) in [5.41, 5.74) is 1.82. The second-order valence-corrected chi connectivity index (χ2v) is 5.85. The number of hydrogen-bond acceptors (Lipinski definition) is 3. The zero-order chi connectivity index (χ0) is 13.9. The minimum atomic E-state index is -0.102. The van der Waals surface area contributed by atoms with Crippen molar-refractivity contribution in [3.63, 3.8) is 0 Å². The third-order valence-corrected chi connectivity index (χ3v) is 4.36. The number of halogens is 1. The first-order valence-electron chi connectivity index (χ1n) is 7.57. The molecule has 1 aliphatic carbocycles. The molecule has 110 valence electrons. The summed E-state index contributed by atoms with van der Waals surface area (Å²) >= 11 is 0. The van der Waals surface area contributed by atoms with Gasteiger partial charge >= 0.3 is 0 Å². The van der Waals surface area contributed by atoms with Crippen molar-refractivity contribution < 1.29 is 9.13 Å². The van der Waals surface area contributed by atoms with Crippen molar-refractivity contribution in [3.05, 3.63) is 29.6 Å². The summed E-state index contributed by atoms with van der Waals surface area (Å²) in [4.78, 5) is 2.23. The highest BCUT2D eigenvalue weighted by Gasteiger charge is 2.24. The van der Waals surface area contributed by atoms with E-state index >= 15 is 0 Å². The average Bonchev–Trinajstić information content (AvgIpc) is 3.30. The molecule has 1 aromatic rings. The van der Waals surface area contributed by atoms with Gasteiger partial charge in [0.05, 0.1) is 0 Å². The lowest BCUT2D eigenvalue weighted by atomic mass is 10.0. The molecule has 1 aliphatic heterocycles. The fraction of sp³-hybridized carbons (Fsp3) is 0.625. The molecule has 1 saturated heterocycles. The van der Waals surface area contributed by atoms with E-state index in [1.807, 2.05) is 6.07 Å². The first kappa shape index (κ1) is 13.8. The Balaban J connectivity index is 1.77. The second kappa shape index (κ2) is 6.10. The number of rotatable bonds is 5. The normalized spacial score (nSPS) is 20.1. The monoisotopic (exact) mass is 278 g/mol. The summed E-state index contributed by atoms with van der Waals surface area (Å²) in [6.45, 7) is 2.24. The number of hydrogen-bond donors (Lipinski definition) is 1. The molecule has 2 fully saturated rings. The Morgan fingerprint density at radius 2 is 2.00 bits per heavy atom. The highest BCUT2D eigenvalue weighted by Crippen LogP contribution is 2.28. The smallest absolute Gasteiger partial charge is 0.129 e. The van der Waals surface area contributed by atoms with Gasteiger partial charge in [0.25, 0.3) is 0 Å². The third kappa shape index (κ3) is 3.13. The molecule has 0 radical (unpaired) electrons. The van der Waals surface area contributed by atoms with Gasteiger partial charge < -0.3 is 15.0 Å². The van der Waals surface area contributed by atoms with Crippen molar-refractivity contribution in [3.8, 4) is 0 Å². The highest BCUT2D eigenvalue weighted by atomic mass is 19.1. The van der Waals surface area contributed by atoms with Gasteiger partial charge in [0.15, 0.2) is 0 Å². The quantitative estimate of drug-likeness (QED) is 0.896. The second-order valence-electron chi connectivity index (χ2n) is 5.85. The molecule has 2 aliphatic rings. The summed E-state index contributed by atoms with van der Waals surface area (Å²) in [6, 6.07) is 6.44. The van der Waals surface area contributed by atoms with Gasteiger partial charge in [-0.2, -0.15) is 0 Å². The minimum absolute atomic E-state index is 0.102. The van der Waals surface area contributed by atoms with Crippen molar-refractivity contribution in [2.45, 2.75) is 44.3 Å². The van der Waals surface area contributed by atoms with Crippen molar-refractivity contribution in [1.29, 1.82) is 0 Å². The van der Waals surface area contributed by atoms with Crippen LogP contribution in [-0.2, 0) is 11.3 Å². The van der Waals surface area contributed by atoms with Gasteiger partial charge in [-0.3, -0.25) is 0 Å². The lowest BCUT2D eigenvalue weighted by Gasteiger charge is -2.34. The van der Waals surface area contributed by atoms with Crippen LogP contribution in [0.25, 0.3) is 0 Å². The predicted molar refractivity (Wildman–Crippen MR) is 78.5 cm³/mol. The maximum absolute atomic E-state index is 14.2. The lowest BCUT2D eigenvalue weighted by Crippen LogP contribution is -2.37. The maximum atomic E-state index is 14.2. The van der Waals surface area contributed by atoms with Crippen molar-refractivity contribution in [1.82, 2.24) is 5.32 Å². The van der Waals surface area contributed by atoms with Gasteiger partial charge in [-0.25, -0.2) is 4.39 Å². The molecule has 3 rings (SSSR count). The highest BCUT2D eigenvalue weighted by molar-refractivity contribution is 5.54. The molecule has 4 heteroatoms. The Kier molecular flexibility index (Phi) is 4.22. The van der Waals surface area contributed by atoms with E-state index in [1.165, 1.54) is 12.8 Å². The van der Waals surface area contributed by atoms with E-state index in [0.717, 1.165) is 37.3 Å². The Morgan fingerprint density at radius 1 is 1.25 bits per heavy atom. The van der Waals surface area contributed by atoms with Crippen molar-refractivity contribution >= 4 is 5.69 Å². The van der Waals surface area contributed by atoms with Crippen LogP contribution in [0.1, 0.15) is 31.2 Å². The van der Waals surface area contributed by atoms with Crippen LogP contribution in [0.5, 0.6) is 0 Å². The molecule has 0 unspecified atom stereocenters. The fourth-order valence-corrected chi connectivity index (χ4v) is 2.86. The van der Waals surface area contributed by atoms with E-state index < -0.39 is 0 Å². The Hall–Kier alpha value is -1.13. The first-order chi connectivity index (χ1) is 9.75. The lowest BCUT2D eigenvalue weighted by molar-refractivity contribution is 0.0854. The summed E-state index contributed by atoms with van der Waals surface area (Å²) in [7, 11) is 2.07. The summed E-state index contributed by atoms with van der Waals surface area (Å²) in [5, 5.41) is 3.42. The standard InChI is InChI=1S/C16H23FN2O/c1-19(13-7-9-20-10-8-13)16-4-2-3-15(17)14(16)11-18-12-5-6-12/h2-4,12-13,18H,5-11H2,1H3. The molecular formula is C16H23FN2O. The number of anilines is 1. The molecule has 0 aromatic heterocycles. The van der Waals surface area contributed by atoms with Crippen molar-refractivity contribution in [2.24, 2.45) is 0 Å². The van der Waals surface area contributed by atoms with Crippen LogP contribution in [-0.4, -0.2) is 32.3 Å². The van der Waals surface area contributed by atoms with Crippen LogP contribution in [0.4, 0.5) is 10.1 Å². The predicted octanol–water partition coefficient (Wildman–Crippen LogP) is 2.69. The van der Waals surface area contributed by atoms with Gasteiger partial charge in [0, 0.05) is 50.1 Å². The summed E-state index contributed by atoms with van der Waals surface area (Å²) < 4.78 is 19.6. The van der Waals surface area contributed by atoms with Crippen LogP contribution in [0.15, 0.2) is 18.2 Å². The third-order valence-electron chi connectivity index (χ3n) is 4.36. The van der Waals surface area contributed by atoms with Gasteiger partial charge in [-0.1, -0.05) is 6.07 Å². The van der Waals surface area contributed by atoms with Crippen LogP contribution in [0.2, 0.25) is 0 Å². The molecule has 0 atom stereocenters. The van der Waals surface area contributed by atoms with Gasteiger partial charge in [-0.15, -0.1) is 0 Å². The molecule has 1 heterocycles. The van der Waals surface area contributed by atoms with Crippen LogP contribution >= 0.6 is 0 Å². The zero-order valence-corrected chi connectivity index (χ0v) is 12.1. The molecule has 20 heavy (non-hydrogen) atoms. The first-order valence-corrected chi connectivity index (χ1v) is 7.57. The molecule has 1 saturated carbocycles. The average molecular weight is 278 g/mol. The molecule has 0 amide bonds. The van der Waals surface area contributed by atoms with E-state index in [0.29, 0.717) is 18.6 Å². The number of nitrogens with one attached hydrogen (secondary N) is 1. The number of ether oxygens (including phenoxy) is 1. The van der Waals surface area contributed by atoms with E-state index in [4.69, 9.17) is 4.74 Å². The van der Waals surface area contributed by atoms with E-state index in [2.05, 4.69) is 17.3 Å². The molecule has 3 nitrogen and oxygen atoms in total. The molecule has 1 aromatic carbocycles. The van der Waals surface area contributed by atoms with Crippen LogP contribution in [0, 0.1) is 5.82 Å². The SMILES string of the molecule is CN(c1cccc(F)c1CNC1CC1)C1CCOCC1. The summed E-state index contributed by atoms with van der Waals surface area (Å²) in [5.74, 6) is -0.102. The molecule has 0 bridgehead atoms. The van der Waals surface area contributed by atoms with E-state index in [9.17, 15) is 4.39 Å². The Labute approximate surface area is 120 Å². The molecule has 1 N–H and O–H groups in total. The number of benzene rings is 1. The Bertz CT molecular complexity index is 456. The fourth-order valence-electron chi connectivity index (χ4n) is 2.86. The van der Waals surface area contributed by atoms with Crippen LogP contribution < -0.4 is 10.2 Å². The summed E-state index contributed by atoms with van der Waals surface area (Å²) in [6.07, 6.45) is 4.48. The Morgan fingerprint density at radius 3 is 2.70 bits per heavy atom.